The summed E-state index contributed by atoms with van der Waals surface area (Å²) in [6.07, 6.45) is 3.88. The van der Waals surface area contributed by atoms with Crippen molar-refractivity contribution in [1.29, 1.82) is 0 Å². The lowest BCUT2D eigenvalue weighted by Gasteiger charge is -2.18. The second kappa shape index (κ2) is 3.53. The van der Waals surface area contributed by atoms with Gasteiger partial charge in [-0.1, -0.05) is 18.2 Å². The number of anilines is 1. The lowest BCUT2D eigenvalue weighted by atomic mass is 9.98. The normalized spacial score (nSPS) is 24.3. The van der Waals surface area contributed by atoms with Crippen LogP contribution >= 0.6 is 0 Å². The second-order valence-electron chi connectivity index (χ2n) is 4.72. The summed E-state index contributed by atoms with van der Waals surface area (Å²) in [4.78, 5) is 2.59. The Morgan fingerprint density at radius 1 is 1.27 bits per heavy atom. The first-order valence-electron chi connectivity index (χ1n) is 5.96. The molecule has 80 valence electrons. The van der Waals surface area contributed by atoms with Crippen LogP contribution in [0.2, 0.25) is 0 Å². The van der Waals surface area contributed by atoms with Gasteiger partial charge < -0.3 is 10.6 Å². The Labute approximate surface area is 91.1 Å². The SMILES string of the molecule is NCCC1CN(C2CC2)c2ccccc21. The van der Waals surface area contributed by atoms with Gasteiger partial charge in [0.2, 0.25) is 0 Å². The van der Waals surface area contributed by atoms with Crippen LogP contribution in [-0.4, -0.2) is 19.1 Å². The molecule has 2 N–H and O–H groups in total. The van der Waals surface area contributed by atoms with Crippen molar-refractivity contribution in [3.05, 3.63) is 29.8 Å². The van der Waals surface area contributed by atoms with Crippen molar-refractivity contribution < 1.29 is 0 Å². The standard InChI is InChI=1S/C13H18N2/c14-8-7-10-9-15(11-5-6-11)13-4-2-1-3-12(10)13/h1-4,10-11H,5-9,14H2. The number of nitrogens with zero attached hydrogens (tertiary/aromatic N) is 1. The molecule has 3 rings (SSSR count). The molecule has 1 fully saturated rings. The fraction of sp³-hybridized carbons (Fsp3) is 0.538. The summed E-state index contributed by atoms with van der Waals surface area (Å²) >= 11 is 0. The third-order valence-corrected chi connectivity index (χ3v) is 3.61. The van der Waals surface area contributed by atoms with Crippen molar-refractivity contribution >= 4 is 5.69 Å². The molecule has 1 unspecified atom stereocenters. The zero-order valence-electron chi connectivity index (χ0n) is 9.02. The van der Waals surface area contributed by atoms with E-state index in [0.29, 0.717) is 5.92 Å². The summed E-state index contributed by atoms with van der Waals surface area (Å²) in [5, 5.41) is 0. The van der Waals surface area contributed by atoms with Crippen molar-refractivity contribution in [1.82, 2.24) is 0 Å². The third kappa shape index (κ3) is 1.53. The van der Waals surface area contributed by atoms with Gasteiger partial charge in [-0.3, -0.25) is 0 Å². The van der Waals surface area contributed by atoms with Gasteiger partial charge in [0.25, 0.3) is 0 Å². The van der Waals surface area contributed by atoms with Crippen molar-refractivity contribution in [2.75, 3.05) is 18.0 Å². The molecule has 0 bridgehead atoms. The number of fused-ring (bicyclic) bond motifs is 1. The van der Waals surface area contributed by atoms with E-state index in [9.17, 15) is 0 Å². The molecule has 2 aliphatic rings. The Hall–Kier alpha value is -1.02. The maximum atomic E-state index is 5.68. The van der Waals surface area contributed by atoms with Crippen molar-refractivity contribution in [3.63, 3.8) is 0 Å². The Kier molecular flexibility index (Phi) is 2.17. The van der Waals surface area contributed by atoms with Crippen LogP contribution in [0.25, 0.3) is 0 Å². The summed E-state index contributed by atoms with van der Waals surface area (Å²) in [5.41, 5.74) is 8.68. The lowest BCUT2D eigenvalue weighted by Crippen LogP contribution is -2.24. The number of benzene rings is 1. The van der Waals surface area contributed by atoms with Gasteiger partial charge in [0.05, 0.1) is 0 Å². The molecule has 1 saturated carbocycles. The van der Waals surface area contributed by atoms with E-state index in [4.69, 9.17) is 5.73 Å². The minimum Gasteiger partial charge on any atom is -0.368 e. The highest BCUT2D eigenvalue weighted by molar-refractivity contribution is 5.61. The topological polar surface area (TPSA) is 29.3 Å². The highest BCUT2D eigenvalue weighted by atomic mass is 15.2. The van der Waals surface area contributed by atoms with Crippen LogP contribution in [-0.2, 0) is 0 Å². The summed E-state index contributed by atoms with van der Waals surface area (Å²) in [7, 11) is 0. The Balaban J connectivity index is 1.92. The van der Waals surface area contributed by atoms with Crippen LogP contribution < -0.4 is 10.6 Å². The third-order valence-electron chi connectivity index (χ3n) is 3.61. The molecule has 0 radical (unpaired) electrons. The van der Waals surface area contributed by atoms with Gasteiger partial charge in [-0.15, -0.1) is 0 Å². The number of para-hydroxylation sites is 1. The number of rotatable bonds is 3. The fourth-order valence-electron chi connectivity index (χ4n) is 2.71. The van der Waals surface area contributed by atoms with E-state index in [1.165, 1.54) is 30.6 Å². The highest BCUT2D eigenvalue weighted by Gasteiger charge is 2.36. The Morgan fingerprint density at radius 3 is 2.80 bits per heavy atom. The Morgan fingerprint density at radius 2 is 2.07 bits per heavy atom. The maximum absolute atomic E-state index is 5.68. The summed E-state index contributed by atoms with van der Waals surface area (Å²) in [6.45, 7) is 2.00. The second-order valence-corrected chi connectivity index (χ2v) is 4.72. The molecule has 1 aromatic rings. The van der Waals surface area contributed by atoms with E-state index < -0.39 is 0 Å². The Bertz CT molecular complexity index is 357. The van der Waals surface area contributed by atoms with E-state index in [1.807, 2.05) is 0 Å². The maximum Gasteiger partial charge on any atom is 0.0405 e. The van der Waals surface area contributed by atoms with Crippen LogP contribution in [0.3, 0.4) is 0 Å². The van der Waals surface area contributed by atoms with Gasteiger partial charge in [0.15, 0.2) is 0 Å². The number of hydrogen-bond donors (Lipinski definition) is 1. The van der Waals surface area contributed by atoms with Crippen LogP contribution in [0.1, 0.15) is 30.7 Å². The molecule has 0 saturated heterocycles. The predicted octanol–water partition coefficient (Wildman–Crippen LogP) is 2.10. The number of hydrogen-bond acceptors (Lipinski definition) is 2. The largest absolute Gasteiger partial charge is 0.368 e. The molecular formula is C13H18N2. The quantitative estimate of drug-likeness (QED) is 0.813. The van der Waals surface area contributed by atoms with Crippen LogP contribution in [0, 0.1) is 0 Å². The van der Waals surface area contributed by atoms with E-state index >= 15 is 0 Å². The first kappa shape index (κ1) is 9.22. The van der Waals surface area contributed by atoms with Crippen molar-refractivity contribution in [2.24, 2.45) is 5.73 Å². The van der Waals surface area contributed by atoms with Gasteiger partial charge in [-0.05, 0) is 37.4 Å². The molecule has 2 nitrogen and oxygen atoms in total. The molecule has 2 heteroatoms. The van der Waals surface area contributed by atoms with E-state index in [1.54, 1.807) is 0 Å². The van der Waals surface area contributed by atoms with Gasteiger partial charge in [0, 0.05) is 24.2 Å². The lowest BCUT2D eigenvalue weighted by molar-refractivity contribution is 0.643. The van der Waals surface area contributed by atoms with E-state index in [-0.39, 0.29) is 0 Å². The van der Waals surface area contributed by atoms with Gasteiger partial charge in [-0.25, -0.2) is 0 Å². The van der Waals surface area contributed by atoms with Gasteiger partial charge in [-0.2, -0.15) is 0 Å². The van der Waals surface area contributed by atoms with Gasteiger partial charge >= 0.3 is 0 Å². The first-order valence-corrected chi connectivity index (χ1v) is 5.96. The van der Waals surface area contributed by atoms with Gasteiger partial charge in [0.1, 0.15) is 0 Å². The average molecular weight is 202 g/mol. The predicted molar refractivity (Wildman–Crippen MR) is 63.2 cm³/mol. The van der Waals surface area contributed by atoms with Crippen molar-refractivity contribution in [2.45, 2.75) is 31.2 Å². The summed E-state index contributed by atoms with van der Waals surface area (Å²) < 4.78 is 0. The van der Waals surface area contributed by atoms with E-state index in [0.717, 1.165) is 19.0 Å². The molecule has 1 aliphatic carbocycles. The fourth-order valence-corrected chi connectivity index (χ4v) is 2.71. The minimum atomic E-state index is 0.673. The molecule has 0 spiro atoms. The smallest absolute Gasteiger partial charge is 0.0405 e. The van der Waals surface area contributed by atoms with Crippen LogP contribution in [0.4, 0.5) is 5.69 Å². The highest BCUT2D eigenvalue weighted by Crippen LogP contribution is 2.43. The monoisotopic (exact) mass is 202 g/mol. The average Bonchev–Trinajstić information content (AvgIpc) is 3.04. The molecule has 1 heterocycles. The molecular weight excluding hydrogens is 184 g/mol. The zero-order chi connectivity index (χ0) is 10.3. The summed E-state index contributed by atoms with van der Waals surface area (Å²) in [5.74, 6) is 0.673. The molecule has 15 heavy (non-hydrogen) atoms. The van der Waals surface area contributed by atoms with Crippen molar-refractivity contribution in [3.8, 4) is 0 Å². The number of nitrogens with two attached hydrogens (primary N) is 1. The molecule has 1 aromatic carbocycles. The minimum absolute atomic E-state index is 0.673. The van der Waals surface area contributed by atoms with Crippen LogP contribution in [0.15, 0.2) is 24.3 Å². The zero-order valence-corrected chi connectivity index (χ0v) is 9.02. The first-order chi connectivity index (χ1) is 7.40. The van der Waals surface area contributed by atoms with E-state index in [2.05, 4.69) is 29.2 Å². The van der Waals surface area contributed by atoms with Crippen LogP contribution in [0.5, 0.6) is 0 Å². The molecule has 1 aliphatic heterocycles. The molecule has 1 atom stereocenters. The molecule has 0 amide bonds. The summed E-state index contributed by atoms with van der Waals surface area (Å²) in [6, 6.07) is 9.67. The molecule has 0 aromatic heterocycles.